The summed E-state index contributed by atoms with van der Waals surface area (Å²) in [6.07, 6.45) is 8.14. The maximum atomic E-state index is 7.52. The maximum Gasteiger partial charge on any atom is 0.122 e. The van der Waals surface area contributed by atoms with Crippen LogP contribution < -0.4 is 5.73 Å². The lowest BCUT2D eigenvalue weighted by Crippen LogP contribution is -2.12. The van der Waals surface area contributed by atoms with Crippen LogP contribution in [0.15, 0.2) is 61.2 Å². The van der Waals surface area contributed by atoms with Crippen LogP contribution in [0.2, 0.25) is 0 Å². The predicted octanol–water partition coefficient (Wildman–Crippen LogP) is 2.20. The minimum atomic E-state index is 0.0862. The zero-order valence-electron chi connectivity index (χ0n) is 12.1. The average molecular weight is 291 g/mol. The monoisotopic (exact) mass is 291 g/mol. The van der Waals surface area contributed by atoms with Gasteiger partial charge in [-0.15, -0.1) is 0 Å². The Balaban J connectivity index is 1.80. The number of rotatable bonds is 5. The third-order valence-electron chi connectivity index (χ3n) is 3.48. The molecule has 0 saturated carbocycles. The Labute approximate surface area is 129 Å². The van der Waals surface area contributed by atoms with Crippen LogP contribution in [0.25, 0.3) is 0 Å². The number of nitrogens with two attached hydrogens (primary N) is 1. The fourth-order valence-electron chi connectivity index (χ4n) is 2.37. The van der Waals surface area contributed by atoms with Gasteiger partial charge in [-0.25, -0.2) is 4.98 Å². The highest BCUT2D eigenvalue weighted by molar-refractivity contribution is 5.95. The molecule has 22 heavy (non-hydrogen) atoms. The standard InChI is InChI=1S/C17H17N5/c18-17(19)15-5-1-3-14(9-15)12-22-8-7-21-16(22)10-13-4-2-6-20-11-13/h1-9,11H,10,12H2,(H3,18,19). The zero-order chi connectivity index (χ0) is 15.4. The molecule has 0 fully saturated rings. The van der Waals surface area contributed by atoms with Crippen LogP contribution in [-0.2, 0) is 13.0 Å². The fraction of sp³-hybridized carbons (Fsp3) is 0.118. The Morgan fingerprint density at radius 1 is 1.14 bits per heavy atom. The molecule has 0 aliphatic carbocycles. The molecule has 3 N–H and O–H groups in total. The second-order valence-electron chi connectivity index (χ2n) is 5.12. The molecule has 5 nitrogen and oxygen atoms in total. The molecule has 0 radical (unpaired) electrons. The highest BCUT2D eigenvalue weighted by Crippen LogP contribution is 2.11. The summed E-state index contributed by atoms with van der Waals surface area (Å²) in [4.78, 5) is 8.57. The summed E-state index contributed by atoms with van der Waals surface area (Å²) in [5.41, 5.74) is 8.51. The van der Waals surface area contributed by atoms with Crippen LogP contribution in [0, 0.1) is 5.41 Å². The average Bonchev–Trinajstić information content (AvgIpc) is 2.95. The number of pyridine rings is 1. The topological polar surface area (TPSA) is 80.6 Å². The highest BCUT2D eigenvalue weighted by Gasteiger charge is 2.06. The van der Waals surface area contributed by atoms with Crippen LogP contribution >= 0.6 is 0 Å². The third kappa shape index (κ3) is 3.20. The number of nitrogens with one attached hydrogen (secondary N) is 1. The summed E-state index contributed by atoms with van der Waals surface area (Å²) < 4.78 is 2.10. The van der Waals surface area contributed by atoms with Gasteiger partial charge >= 0.3 is 0 Å². The molecule has 3 aromatic rings. The Morgan fingerprint density at radius 2 is 2.00 bits per heavy atom. The van der Waals surface area contributed by atoms with E-state index in [0.717, 1.165) is 28.9 Å². The molecule has 3 rings (SSSR count). The Morgan fingerprint density at radius 3 is 2.77 bits per heavy atom. The second-order valence-corrected chi connectivity index (χ2v) is 5.12. The van der Waals surface area contributed by atoms with E-state index in [2.05, 4.69) is 14.5 Å². The molecule has 0 aliphatic rings. The molecule has 0 saturated heterocycles. The highest BCUT2D eigenvalue weighted by atomic mass is 15.1. The van der Waals surface area contributed by atoms with Gasteiger partial charge in [0.2, 0.25) is 0 Å². The van der Waals surface area contributed by atoms with Gasteiger partial charge in [0.05, 0.1) is 0 Å². The Bertz CT molecular complexity index is 777. The first-order chi connectivity index (χ1) is 10.7. The maximum absolute atomic E-state index is 7.52. The van der Waals surface area contributed by atoms with E-state index in [0.29, 0.717) is 6.54 Å². The van der Waals surface area contributed by atoms with Crippen LogP contribution in [0.4, 0.5) is 0 Å². The van der Waals surface area contributed by atoms with E-state index in [1.54, 1.807) is 12.4 Å². The summed E-state index contributed by atoms with van der Waals surface area (Å²) in [6.45, 7) is 0.705. The van der Waals surface area contributed by atoms with Crippen molar-refractivity contribution in [3.8, 4) is 0 Å². The minimum Gasteiger partial charge on any atom is -0.384 e. The zero-order valence-corrected chi connectivity index (χ0v) is 12.1. The fourth-order valence-corrected chi connectivity index (χ4v) is 2.37. The van der Waals surface area contributed by atoms with Crippen LogP contribution in [-0.4, -0.2) is 20.4 Å². The van der Waals surface area contributed by atoms with Crippen molar-refractivity contribution in [2.75, 3.05) is 0 Å². The first-order valence-corrected chi connectivity index (χ1v) is 7.04. The van der Waals surface area contributed by atoms with Gasteiger partial charge < -0.3 is 10.3 Å². The molecule has 0 aliphatic heterocycles. The summed E-state index contributed by atoms with van der Waals surface area (Å²) in [5, 5.41) is 7.52. The molecule has 0 unspecified atom stereocenters. The van der Waals surface area contributed by atoms with E-state index in [4.69, 9.17) is 11.1 Å². The van der Waals surface area contributed by atoms with E-state index in [9.17, 15) is 0 Å². The molecule has 2 heterocycles. The molecule has 2 aromatic heterocycles. The molecule has 5 heteroatoms. The van der Waals surface area contributed by atoms with Crippen molar-refractivity contribution in [1.29, 1.82) is 5.41 Å². The summed E-state index contributed by atoms with van der Waals surface area (Å²) in [7, 11) is 0. The number of nitrogens with zero attached hydrogens (tertiary/aromatic N) is 3. The molecular formula is C17H17N5. The van der Waals surface area contributed by atoms with E-state index in [1.165, 1.54) is 0 Å². The summed E-state index contributed by atoms with van der Waals surface area (Å²) in [5.74, 6) is 1.07. The van der Waals surface area contributed by atoms with Crippen LogP contribution in [0.5, 0.6) is 0 Å². The van der Waals surface area contributed by atoms with Crippen molar-refractivity contribution in [2.24, 2.45) is 5.73 Å². The predicted molar refractivity (Wildman–Crippen MR) is 85.8 cm³/mol. The first-order valence-electron chi connectivity index (χ1n) is 7.04. The van der Waals surface area contributed by atoms with Gasteiger partial charge in [-0.1, -0.05) is 24.3 Å². The van der Waals surface area contributed by atoms with E-state index < -0.39 is 0 Å². The van der Waals surface area contributed by atoms with Gasteiger partial charge in [0, 0.05) is 43.3 Å². The molecule has 0 bridgehead atoms. The quantitative estimate of drug-likeness (QED) is 0.558. The number of nitrogen functional groups attached to an aromatic ring is 1. The number of hydrogen-bond acceptors (Lipinski definition) is 3. The molecule has 0 atom stereocenters. The van der Waals surface area contributed by atoms with E-state index in [1.807, 2.05) is 48.8 Å². The summed E-state index contributed by atoms with van der Waals surface area (Å²) >= 11 is 0. The molecule has 0 amide bonds. The number of aromatic nitrogens is 3. The normalized spacial score (nSPS) is 10.5. The molecule has 1 aromatic carbocycles. The van der Waals surface area contributed by atoms with E-state index >= 15 is 0 Å². The van der Waals surface area contributed by atoms with Crippen molar-refractivity contribution in [3.05, 3.63) is 83.7 Å². The Hall–Kier alpha value is -2.95. The second kappa shape index (κ2) is 6.22. The van der Waals surface area contributed by atoms with Crippen molar-refractivity contribution in [1.82, 2.24) is 14.5 Å². The van der Waals surface area contributed by atoms with Gasteiger partial charge in [0.25, 0.3) is 0 Å². The molecule has 0 spiro atoms. The summed E-state index contributed by atoms with van der Waals surface area (Å²) in [6, 6.07) is 11.7. The van der Waals surface area contributed by atoms with Gasteiger partial charge in [-0.2, -0.15) is 0 Å². The lowest BCUT2D eigenvalue weighted by molar-refractivity contribution is 0.739. The third-order valence-corrected chi connectivity index (χ3v) is 3.48. The number of amidine groups is 1. The van der Waals surface area contributed by atoms with Crippen molar-refractivity contribution in [2.45, 2.75) is 13.0 Å². The number of hydrogen-bond donors (Lipinski definition) is 2. The van der Waals surface area contributed by atoms with Gasteiger partial charge in [-0.3, -0.25) is 10.4 Å². The molecular weight excluding hydrogens is 274 g/mol. The lowest BCUT2D eigenvalue weighted by Gasteiger charge is -2.09. The van der Waals surface area contributed by atoms with Crippen molar-refractivity contribution < 1.29 is 0 Å². The van der Waals surface area contributed by atoms with Gasteiger partial charge in [-0.05, 0) is 23.3 Å². The largest absolute Gasteiger partial charge is 0.384 e. The SMILES string of the molecule is N=C(N)c1cccc(Cn2ccnc2Cc2cccnc2)c1. The lowest BCUT2D eigenvalue weighted by atomic mass is 10.1. The number of benzene rings is 1. The number of imidazole rings is 1. The van der Waals surface area contributed by atoms with Crippen molar-refractivity contribution >= 4 is 5.84 Å². The van der Waals surface area contributed by atoms with Crippen LogP contribution in [0.1, 0.15) is 22.5 Å². The molecule has 110 valence electrons. The minimum absolute atomic E-state index is 0.0862. The van der Waals surface area contributed by atoms with Crippen molar-refractivity contribution in [3.63, 3.8) is 0 Å². The first kappa shape index (κ1) is 14.0. The Kier molecular flexibility index (Phi) is 3.96. The van der Waals surface area contributed by atoms with Crippen LogP contribution in [0.3, 0.4) is 0 Å². The smallest absolute Gasteiger partial charge is 0.122 e. The van der Waals surface area contributed by atoms with E-state index in [-0.39, 0.29) is 5.84 Å². The van der Waals surface area contributed by atoms with Gasteiger partial charge in [0.15, 0.2) is 0 Å². The van der Waals surface area contributed by atoms with Gasteiger partial charge in [0.1, 0.15) is 11.7 Å².